The average molecular weight is 193 g/mol. The van der Waals surface area contributed by atoms with Crippen molar-refractivity contribution < 1.29 is 4.79 Å². The van der Waals surface area contributed by atoms with Crippen LogP contribution in [0.5, 0.6) is 0 Å². The molecule has 0 saturated heterocycles. The van der Waals surface area contributed by atoms with Gasteiger partial charge in [-0.25, -0.2) is 10.6 Å². The molecular formula is C10H15N3O. The molecule has 1 aromatic rings. The Morgan fingerprint density at radius 3 is 2.36 bits per heavy atom. The highest BCUT2D eigenvalue weighted by molar-refractivity contribution is 5.72. The number of carbonyl (C=O) groups excluding carboxylic acids is 1. The Morgan fingerprint density at radius 1 is 1.29 bits per heavy atom. The van der Waals surface area contributed by atoms with E-state index in [0.29, 0.717) is 6.54 Å². The smallest absolute Gasteiger partial charge is 0.329 e. The van der Waals surface area contributed by atoms with Gasteiger partial charge in [0, 0.05) is 6.54 Å². The molecule has 0 unspecified atom stereocenters. The summed E-state index contributed by atoms with van der Waals surface area (Å²) in [6, 6.07) is 7.73. The minimum Gasteiger partial charge on any atom is -0.333 e. The number of nitrogens with one attached hydrogen (secondary N) is 2. The lowest BCUT2D eigenvalue weighted by Crippen LogP contribution is -2.39. The first-order valence-corrected chi connectivity index (χ1v) is 4.58. The van der Waals surface area contributed by atoms with Gasteiger partial charge in [-0.3, -0.25) is 5.43 Å². The molecule has 4 N–H and O–H groups in total. The fraction of sp³-hybridized carbons (Fsp3) is 0.300. The predicted octanol–water partition coefficient (Wildman–Crippen LogP) is 0.922. The van der Waals surface area contributed by atoms with E-state index in [1.54, 1.807) is 0 Å². The lowest BCUT2D eigenvalue weighted by molar-refractivity contribution is 0.241. The number of hydrogen-bond acceptors (Lipinski definition) is 2. The van der Waals surface area contributed by atoms with E-state index in [4.69, 9.17) is 5.84 Å². The second-order valence-corrected chi connectivity index (χ2v) is 3.00. The van der Waals surface area contributed by atoms with E-state index in [2.05, 4.69) is 24.4 Å². The van der Waals surface area contributed by atoms with Crippen LogP contribution in [0.3, 0.4) is 0 Å². The van der Waals surface area contributed by atoms with Gasteiger partial charge in [0.05, 0.1) is 0 Å². The van der Waals surface area contributed by atoms with Crippen LogP contribution in [0.2, 0.25) is 0 Å². The Kier molecular flexibility index (Phi) is 3.94. The molecular weight excluding hydrogens is 178 g/mol. The van der Waals surface area contributed by atoms with Gasteiger partial charge in [0.25, 0.3) is 0 Å². The molecule has 4 nitrogen and oxygen atoms in total. The molecule has 0 fully saturated rings. The summed E-state index contributed by atoms with van der Waals surface area (Å²) in [5.41, 5.74) is 4.36. The third-order valence-corrected chi connectivity index (χ3v) is 2.02. The first-order chi connectivity index (χ1) is 6.76. The first kappa shape index (κ1) is 10.5. The van der Waals surface area contributed by atoms with Crippen LogP contribution in [0.4, 0.5) is 4.79 Å². The normalized spacial score (nSPS) is 9.57. The van der Waals surface area contributed by atoms with Gasteiger partial charge in [0.1, 0.15) is 0 Å². The molecule has 1 rings (SSSR count). The highest BCUT2D eigenvalue weighted by atomic mass is 16.2. The standard InChI is InChI=1S/C10H15N3O/c1-2-8-3-5-9(6-4-8)7-12-10(14)13-11/h3-6H,2,7,11H2,1H3,(H2,12,13,14). The quantitative estimate of drug-likeness (QED) is 0.379. The first-order valence-electron chi connectivity index (χ1n) is 4.58. The van der Waals surface area contributed by atoms with Gasteiger partial charge in [-0.1, -0.05) is 31.2 Å². The lowest BCUT2D eigenvalue weighted by Gasteiger charge is -2.04. The molecule has 0 aliphatic heterocycles. The van der Waals surface area contributed by atoms with Gasteiger partial charge in [-0.2, -0.15) is 0 Å². The number of nitrogens with two attached hydrogens (primary N) is 1. The zero-order valence-electron chi connectivity index (χ0n) is 8.21. The fourth-order valence-corrected chi connectivity index (χ4v) is 1.13. The molecule has 0 atom stereocenters. The molecule has 76 valence electrons. The van der Waals surface area contributed by atoms with Crippen molar-refractivity contribution >= 4 is 6.03 Å². The summed E-state index contributed by atoms with van der Waals surface area (Å²) in [4.78, 5) is 10.8. The zero-order chi connectivity index (χ0) is 10.4. The summed E-state index contributed by atoms with van der Waals surface area (Å²) in [5.74, 6) is 4.92. The summed E-state index contributed by atoms with van der Waals surface area (Å²) in [7, 11) is 0. The second-order valence-electron chi connectivity index (χ2n) is 3.00. The molecule has 4 heteroatoms. The van der Waals surface area contributed by atoms with Gasteiger partial charge in [0.2, 0.25) is 0 Å². The number of carbonyl (C=O) groups is 1. The van der Waals surface area contributed by atoms with Crippen molar-refractivity contribution in [3.8, 4) is 0 Å². The number of urea groups is 1. The van der Waals surface area contributed by atoms with Crippen LogP contribution in [-0.2, 0) is 13.0 Å². The van der Waals surface area contributed by atoms with Crippen LogP contribution in [-0.4, -0.2) is 6.03 Å². The summed E-state index contributed by atoms with van der Waals surface area (Å²) < 4.78 is 0. The molecule has 0 aliphatic rings. The van der Waals surface area contributed by atoms with Gasteiger partial charge >= 0.3 is 6.03 Å². The van der Waals surface area contributed by atoms with Crippen molar-refractivity contribution in [2.75, 3.05) is 0 Å². The van der Waals surface area contributed by atoms with Gasteiger partial charge in [-0.05, 0) is 17.5 Å². The Balaban J connectivity index is 2.47. The summed E-state index contributed by atoms with van der Waals surface area (Å²) in [6.45, 7) is 2.60. The molecule has 0 heterocycles. The van der Waals surface area contributed by atoms with Gasteiger partial charge < -0.3 is 5.32 Å². The Hall–Kier alpha value is -1.55. The van der Waals surface area contributed by atoms with Crippen LogP contribution in [0.25, 0.3) is 0 Å². The molecule has 0 aliphatic carbocycles. The molecule has 0 aromatic heterocycles. The minimum absolute atomic E-state index is 0.371. The van der Waals surface area contributed by atoms with E-state index in [-0.39, 0.29) is 6.03 Å². The number of hydrogen-bond donors (Lipinski definition) is 3. The third-order valence-electron chi connectivity index (χ3n) is 2.02. The third kappa shape index (κ3) is 3.06. The fourth-order valence-electron chi connectivity index (χ4n) is 1.13. The van der Waals surface area contributed by atoms with Crippen molar-refractivity contribution in [3.63, 3.8) is 0 Å². The van der Waals surface area contributed by atoms with E-state index < -0.39 is 0 Å². The number of benzene rings is 1. The zero-order valence-corrected chi connectivity index (χ0v) is 8.21. The van der Waals surface area contributed by atoms with Crippen LogP contribution in [0.15, 0.2) is 24.3 Å². The molecule has 0 radical (unpaired) electrons. The number of amides is 2. The maximum Gasteiger partial charge on any atom is 0.329 e. The van der Waals surface area contributed by atoms with E-state index in [1.165, 1.54) is 5.56 Å². The largest absolute Gasteiger partial charge is 0.333 e. The van der Waals surface area contributed by atoms with Crippen molar-refractivity contribution in [2.24, 2.45) is 5.84 Å². The molecule has 0 spiro atoms. The predicted molar refractivity (Wildman–Crippen MR) is 55.4 cm³/mol. The van der Waals surface area contributed by atoms with E-state index >= 15 is 0 Å². The summed E-state index contributed by atoms with van der Waals surface area (Å²) in [5, 5.41) is 2.61. The lowest BCUT2D eigenvalue weighted by atomic mass is 10.1. The van der Waals surface area contributed by atoms with Crippen LogP contribution < -0.4 is 16.6 Å². The van der Waals surface area contributed by atoms with Gasteiger partial charge in [-0.15, -0.1) is 0 Å². The summed E-state index contributed by atoms with van der Waals surface area (Å²) >= 11 is 0. The SMILES string of the molecule is CCc1ccc(CNC(=O)NN)cc1. The maximum absolute atomic E-state index is 10.8. The van der Waals surface area contributed by atoms with E-state index in [0.717, 1.165) is 12.0 Å². The molecule has 2 amide bonds. The Morgan fingerprint density at radius 2 is 1.86 bits per heavy atom. The molecule has 0 saturated carbocycles. The monoisotopic (exact) mass is 193 g/mol. The highest BCUT2D eigenvalue weighted by Crippen LogP contribution is 2.04. The van der Waals surface area contributed by atoms with E-state index in [9.17, 15) is 4.79 Å². The van der Waals surface area contributed by atoms with Crippen molar-refractivity contribution in [2.45, 2.75) is 19.9 Å². The maximum atomic E-state index is 10.8. The molecule has 1 aromatic carbocycles. The average Bonchev–Trinajstić information content (AvgIpc) is 2.26. The number of rotatable bonds is 3. The van der Waals surface area contributed by atoms with Crippen molar-refractivity contribution in [1.82, 2.24) is 10.7 Å². The Bertz CT molecular complexity index is 295. The van der Waals surface area contributed by atoms with Crippen LogP contribution >= 0.6 is 0 Å². The topological polar surface area (TPSA) is 67.2 Å². The number of hydrazine groups is 1. The highest BCUT2D eigenvalue weighted by Gasteiger charge is 1.96. The second kappa shape index (κ2) is 5.24. The molecule has 0 bridgehead atoms. The van der Waals surface area contributed by atoms with Crippen LogP contribution in [0, 0.1) is 0 Å². The minimum atomic E-state index is -0.371. The molecule has 14 heavy (non-hydrogen) atoms. The van der Waals surface area contributed by atoms with Crippen molar-refractivity contribution in [3.05, 3.63) is 35.4 Å². The number of aryl methyl sites for hydroxylation is 1. The van der Waals surface area contributed by atoms with Crippen LogP contribution in [0.1, 0.15) is 18.1 Å². The Labute approximate surface area is 83.5 Å². The van der Waals surface area contributed by atoms with Gasteiger partial charge in [0.15, 0.2) is 0 Å². The van der Waals surface area contributed by atoms with E-state index in [1.807, 2.05) is 17.6 Å². The summed E-state index contributed by atoms with van der Waals surface area (Å²) in [6.07, 6.45) is 1.02. The van der Waals surface area contributed by atoms with Crippen molar-refractivity contribution in [1.29, 1.82) is 0 Å².